The van der Waals surface area contributed by atoms with Crippen molar-refractivity contribution in [3.8, 4) is 0 Å². The Morgan fingerprint density at radius 2 is 2.11 bits per heavy atom. The highest BCUT2D eigenvalue weighted by atomic mass is 32.2. The van der Waals surface area contributed by atoms with Crippen LogP contribution < -0.4 is 4.83 Å². The summed E-state index contributed by atoms with van der Waals surface area (Å²) in [6.45, 7) is 1.97. The first-order chi connectivity index (χ1) is 8.58. The van der Waals surface area contributed by atoms with Gasteiger partial charge in [-0.15, -0.1) is 11.3 Å². The van der Waals surface area contributed by atoms with Crippen molar-refractivity contribution in [2.45, 2.75) is 11.1 Å². The fraction of sp³-hybridized carbons (Fsp3) is 0.0833. The zero-order chi connectivity index (χ0) is 13.0. The van der Waals surface area contributed by atoms with Gasteiger partial charge in [0.2, 0.25) is 0 Å². The summed E-state index contributed by atoms with van der Waals surface area (Å²) in [5.41, 5.74) is 1.95. The molecule has 94 valence electrons. The van der Waals surface area contributed by atoms with Crippen molar-refractivity contribution < 1.29 is 8.42 Å². The fourth-order valence-electron chi connectivity index (χ4n) is 1.38. The predicted octanol–water partition coefficient (Wildman–Crippen LogP) is 2.37. The number of hydrazone groups is 1. The van der Waals surface area contributed by atoms with E-state index in [0.717, 1.165) is 22.5 Å². The van der Waals surface area contributed by atoms with Gasteiger partial charge in [0.1, 0.15) is 4.21 Å². The summed E-state index contributed by atoms with van der Waals surface area (Å²) in [6, 6.07) is 10.9. The lowest BCUT2D eigenvalue weighted by molar-refractivity contribution is 0.587. The van der Waals surface area contributed by atoms with E-state index in [9.17, 15) is 8.42 Å². The third-order valence-corrected chi connectivity index (χ3v) is 4.81. The Labute approximate surface area is 110 Å². The number of aryl methyl sites for hydroxylation is 1. The molecule has 4 nitrogen and oxygen atoms in total. The summed E-state index contributed by atoms with van der Waals surface area (Å²) in [5.74, 6) is 0. The number of sulfonamides is 1. The summed E-state index contributed by atoms with van der Waals surface area (Å²) in [4.78, 5) is 2.18. The molecule has 18 heavy (non-hydrogen) atoms. The van der Waals surface area contributed by atoms with E-state index in [1.165, 1.54) is 12.3 Å². The summed E-state index contributed by atoms with van der Waals surface area (Å²) < 4.78 is 23.7. The van der Waals surface area contributed by atoms with Crippen LogP contribution in [0.3, 0.4) is 0 Å². The van der Waals surface area contributed by atoms with Crippen LogP contribution in [-0.2, 0) is 10.0 Å². The molecule has 0 radical (unpaired) electrons. The molecule has 2 rings (SSSR count). The number of rotatable bonds is 4. The van der Waals surface area contributed by atoms with Gasteiger partial charge in [-0.05, 0) is 23.9 Å². The Morgan fingerprint density at radius 3 is 2.78 bits per heavy atom. The molecule has 1 aromatic heterocycles. The van der Waals surface area contributed by atoms with E-state index in [0.29, 0.717) is 0 Å². The average molecular weight is 280 g/mol. The molecule has 0 aliphatic rings. The lowest BCUT2D eigenvalue weighted by Crippen LogP contribution is -2.17. The Morgan fingerprint density at radius 1 is 1.28 bits per heavy atom. The monoisotopic (exact) mass is 280 g/mol. The van der Waals surface area contributed by atoms with Gasteiger partial charge in [0.15, 0.2) is 0 Å². The van der Waals surface area contributed by atoms with Gasteiger partial charge >= 0.3 is 0 Å². The molecular weight excluding hydrogens is 268 g/mol. The molecule has 1 N–H and O–H groups in total. The normalized spacial score (nSPS) is 11.8. The first-order valence-corrected chi connectivity index (χ1v) is 7.59. The van der Waals surface area contributed by atoms with E-state index >= 15 is 0 Å². The highest BCUT2D eigenvalue weighted by molar-refractivity contribution is 7.91. The number of hydrogen-bond donors (Lipinski definition) is 1. The van der Waals surface area contributed by atoms with E-state index in [2.05, 4.69) is 9.93 Å². The van der Waals surface area contributed by atoms with Gasteiger partial charge < -0.3 is 0 Å². The molecule has 0 atom stereocenters. The topological polar surface area (TPSA) is 58.5 Å². The third-order valence-electron chi connectivity index (χ3n) is 2.19. The maximum Gasteiger partial charge on any atom is 0.286 e. The lowest BCUT2D eigenvalue weighted by atomic mass is 10.2. The Balaban J connectivity index is 2.08. The highest BCUT2D eigenvalue weighted by Crippen LogP contribution is 2.14. The molecule has 0 aliphatic carbocycles. The van der Waals surface area contributed by atoms with Gasteiger partial charge in [-0.3, -0.25) is 0 Å². The molecule has 0 fully saturated rings. The molecule has 0 unspecified atom stereocenters. The second-order valence-electron chi connectivity index (χ2n) is 3.70. The highest BCUT2D eigenvalue weighted by Gasteiger charge is 2.12. The quantitative estimate of drug-likeness (QED) is 0.690. The second-order valence-corrected chi connectivity index (χ2v) is 6.53. The summed E-state index contributed by atoms with van der Waals surface area (Å²) in [5, 5.41) is 5.46. The molecule has 6 heteroatoms. The van der Waals surface area contributed by atoms with Gasteiger partial charge in [-0.25, -0.2) is 0 Å². The summed E-state index contributed by atoms with van der Waals surface area (Å²) in [7, 11) is -3.53. The number of benzene rings is 1. The van der Waals surface area contributed by atoms with Crippen LogP contribution in [0, 0.1) is 6.92 Å². The minimum Gasteiger partial charge on any atom is -0.199 e. The van der Waals surface area contributed by atoms with Crippen LogP contribution >= 0.6 is 11.3 Å². The van der Waals surface area contributed by atoms with E-state index < -0.39 is 10.0 Å². The second kappa shape index (κ2) is 5.32. The lowest BCUT2D eigenvalue weighted by Gasteiger charge is -1.99. The molecule has 0 bridgehead atoms. The van der Waals surface area contributed by atoms with Gasteiger partial charge in [0, 0.05) is 0 Å². The van der Waals surface area contributed by atoms with Crippen LogP contribution in [0.5, 0.6) is 0 Å². The third kappa shape index (κ3) is 3.18. The van der Waals surface area contributed by atoms with Crippen molar-refractivity contribution in [2.75, 3.05) is 0 Å². The number of nitrogens with one attached hydrogen (secondary N) is 1. The minimum atomic E-state index is -3.53. The van der Waals surface area contributed by atoms with Gasteiger partial charge in [-0.2, -0.15) is 18.4 Å². The standard InChI is InChI=1S/C12H12N2O2S2/c1-10-4-2-5-11(8-10)9-13-14-18(15,16)12-6-3-7-17-12/h2-9,14H,1H3/b13-9+. The molecule has 0 spiro atoms. The minimum absolute atomic E-state index is 0.254. The average Bonchev–Trinajstić information content (AvgIpc) is 2.83. The summed E-state index contributed by atoms with van der Waals surface area (Å²) in [6.07, 6.45) is 1.48. The predicted molar refractivity (Wildman–Crippen MR) is 73.4 cm³/mol. The summed E-state index contributed by atoms with van der Waals surface area (Å²) >= 11 is 1.15. The molecule has 1 heterocycles. The molecular formula is C12H12N2O2S2. The van der Waals surface area contributed by atoms with Crippen molar-refractivity contribution in [1.82, 2.24) is 4.83 Å². The first kappa shape index (κ1) is 12.8. The van der Waals surface area contributed by atoms with Crippen molar-refractivity contribution in [3.05, 3.63) is 52.9 Å². The maximum absolute atomic E-state index is 11.7. The fourth-order valence-corrected chi connectivity index (χ4v) is 3.15. The maximum atomic E-state index is 11.7. The number of thiophene rings is 1. The van der Waals surface area contributed by atoms with Crippen LogP contribution in [0.1, 0.15) is 11.1 Å². The van der Waals surface area contributed by atoms with Crippen LogP contribution in [0.4, 0.5) is 0 Å². The molecule has 2 aromatic rings. The van der Waals surface area contributed by atoms with Crippen LogP contribution in [0.25, 0.3) is 0 Å². The molecule has 1 aromatic carbocycles. The Hall–Kier alpha value is -1.66. The largest absolute Gasteiger partial charge is 0.286 e. The zero-order valence-electron chi connectivity index (χ0n) is 9.70. The van der Waals surface area contributed by atoms with Crippen molar-refractivity contribution in [2.24, 2.45) is 5.10 Å². The van der Waals surface area contributed by atoms with Crippen molar-refractivity contribution in [3.63, 3.8) is 0 Å². The van der Waals surface area contributed by atoms with Crippen LogP contribution in [0.15, 0.2) is 51.1 Å². The van der Waals surface area contributed by atoms with E-state index in [1.54, 1.807) is 11.4 Å². The molecule has 0 aliphatic heterocycles. The van der Waals surface area contributed by atoms with E-state index in [-0.39, 0.29) is 4.21 Å². The van der Waals surface area contributed by atoms with Gasteiger partial charge in [0.05, 0.1) is 6.21 Å². The molecule has 0 amide bonds. The van der Waals surface area contributed by atoms with E-state index in [4.69, 9.17) is 0 Å². The number of nitrogens with zero attached hydrogens (tertiary/aromatic N) is 1. The zero-order valence-corrected chi connectivity index (χ0v) is 11.3. The number of hydrogen-bond acceptors (Lipinski definition) is 4. The van der Waals surface area contributed by atoms with Crippen LogP contribution in [0.2, 0.25) is 0 Å². The Bertz CT molecular complexity index is 646. The van der Waals surface area contributed by atoms with Gasteiger partial charge in [0.25, 0.3) is 10.0 Å². The van der Waals surface area contributed by atoms with Gasteiger partial charge in [-0.1, -0.05) is 35.9 Å². The van der Waals surface area contributed by atoms with Crippen molar-refractivity contribution in [1.29, 1.82) is 0 Å². The van der Waals surface area contributed by atoms with E-state index in [1.807, 2.05) is 31.2 Å². The molecule has 0 saturated carbocycles. The Kier molecular flexibility index (Phi) is 3.78. The molecule has 0 saturated heterocycles. The van der Waals surface area contributed by atoms with Crippen LogP contribution in [-0.4, -0.2) is 14.6 Å². The van der Waals surface area contributed by atoms with Crippen molar-refractivity contribution >= 4 is 27.6 Å². The SMILES string of the molecule is Cc1cccc(/C=N/NS(=O)(=O)c2cccs2)c1. The first-order valence-electron chi connectivity index (χ1n) is 5.23. The smallest absolute Gasteiger partial charge is 0.199 e.